The van der Waals surface area contributed by atoms with Crippen molar-refractivity contribution in [1.29, 1.82) is 0 Å². The molecule has 1 unspecified atom stereocenters. The summed E-state index contributed by atoms with van der Waals surface area (Å²) in [5.74, 6) is 1.09. The second kappa shape index (κ2) is 8.39. The minimum absolute atomic E-state index is 0.149. The maximum Gasteiger partial charge on any atom is 0.255 e. The van der Waals surface area contributed by atoms with Gasteiger partial charge in [0.05, 0.1) is 25.0 Å². The number of fused-ring (bicyclic) bond motifs is 1. The summed E-state index contributed by atoms with van der Waals surface area (Å²) >= 11 is 0. The number of nitrogens with zero attached hydrogens (tertiary/aromatic N) is 2. The number of furan rings is 1. The molecule has 0 saturated heterocycles. The zero-order chi connectivity index (χ0) is 20.2. The van der Waals surface area contributed by atoms with Crippen LogP contribution in [0, 0.1) is 0 Å². The molecule has 0 bridgehead atoms. The Morgan fingerprint density at radius 3 is 3.03 bits per heavy atom. The summed E-state index contributed by atoms with van der Waals surface area (Å²) in [7, 11) is 0. The summed E-state index contributed by atoms with van der Waals surface area (Å²) in [5, 5.41) is 2.97. The van der Waals surface area contributed by atoms with E-state index in [4.69, 9.17) is 9.15 Å². The van der Waals surface area contributed by atoms with Crippen molar-refractivity contribution in [2.45, 2.75) is 39.4 Å². The van der Waals surface area contributed by atoms with Gasteiger partial charge in [-0.25, -0.2) is 4.98 Å². The first-order chi connectivity index (χ1) is 14.2. The molecule has 29 heavy (non-hydrogen) atoms. The lowest BCUT2D eigenvalue weighted by Gasteiger charge is -2.24. The van der Waals surface area contributed by atoms with Crippen LogP contribution >= 0.6 is 0 Å². The van der Waals surface area contributed by atoms with E-state index in [1.165, 1.54) is 11.3 Å². The Balaban J connectivity index is 1.44. The normalized spacial score (nSPS) is 15.2. The monoisotopic (exact) mass is 391 g/mol. The standard InChI is InChI=1S/C23H25N3O3/c1-3-28-22-13-17(8-10-24-22)14-25-23(27)19-9-11-29-21(19)15-26-16(2)12-18-6-4-5-7-20(18)26/h4-11,13,16H,3,12,14-15H2,1-2H3,(H,25,27). The van der Waals surface area contributed by atoms with Crippen LogP contribution in [0.1, 0.15) is 41.1 Å². The Hall–Kier alpha value is -3.28. The van der Waals surface area contributed by atoms with Crippen LogP contribution in [-0.2, 0) is 19.5 Å². The number of anilines is 1. The lowest BCUT2D eigenvalue weighted by atomic mass is 10.1. The summed E-state index contributed by atoms with van der Waals surface area (Å²) in [5.41, 5.74) is 4.05. The number of para-hydroxylation sites is 1. The van der Waals surface area contributed by atoms with E-state index < -0.39 is 0 Å². The van der Waals surface area contributed by atoms with E-state index in [1.54, 1.807) is 18.5 Å². The summed E-state index contributed by atoms with van der Waals surface area (Å²) in [6.07, 6.45) is 4.26. The molecule has 3 aromatic rings. The molecular formula is C23H25N3O3. The largest absolute Gasteiger partial charge is 0.478 e. The molecule has 3 heterocycles. The number of carbonyl (C=O) groups is 1. The number of benzene rings is 1. The van der Waals surface area contributed by atoms with Gasteiger partial charge in [-0.2, -0.15) is 0 Å². The summed E-state index contributed by atoms with van der Waals surface area (Å²) < 4.78 is 11.1. The maximum atomic E-state index is 12.8. The van der Waals surface area contributed by atoms with Crippen molar-refractivity contribution < 1.29 is 13.9 Å². The molecule has 0 saturated carbocycles. The lowest BCUT2D eigenvalue weighted by molar-refractivity contribution is 0.0948. The van der Waals surface area contributed by atoms with Crippen LogP contribution in [0.2, 0.25) is 0 Å². The molecule has 0 spiro atoms. The van der Waals surface area contributed by atoms with Crippen molar-refractivity contribution in [1.82, 2.24) is 10.3 Å². The number of hydrogen-bond donors (Lipinski definition) is 1. The quantitative estimate of drug-likeness (QED) is 0.660. The Labute approximate surface area is 170 Å². The van der Waals surface area contributed by atoms with Gasteiger partial charge < -0.3 is 19.4 Å². The highest BCUT2D eigenvalue weighted by atomic mass is 16.5. The van der Waals surface area contributed by atoms with Crippen molar-refractivity contribution in [3.63, 3.8) is 0 Å². The Bertz CT molecular complexity index is 998. The molecule has 0 radical (unpaired) electrons. The molecule has 1 aliphatic heterocycles. The first-order valence-corrected chi connectivity index (χ1v) is 9.92. The average Bonchev–Trinajstić information content (AvgIpc) is 3.32. The van der Waals surface area contributed by atoms with E-state index in [0.29, 0.717) is 42.9 Å². The first-order valence-electron chi connectivity index (χ1n) is 9.92. The van der Waals surface area contributed by atoms with Crippen LogP contribution in [-0.4, -0.2) is 23.5 Å². The van der Waals surface area contributed by atoms with Crippen molar-refractivity contribution in [3.8, 4) is 5.88 Å². The van der Waals surface area contributed by atoms with Crippen LogP contribution in [0.4, 0.5) is 5.69 Å². The molecular weight excluding hydrogens is 366 g/mol. The van der Waals surface area contributed by atoms with Gasteiger partial charge in [-0.1, -0.05) is 18.2 Å². The van der Waals surface area contributed by atoms with Gasteiger partial charge in [-0.3, -0.25) is 4.79 Å². The third-order valence-corrected chi connectivity index (χ3v) is 5.20. The molecule has 1 amide bonds. The second-order valence-electron chi connectivity index (χ2n) is 7.19. The molecule has 1 N–H and O–H groups in total. The summed E-state index contributed by atoms with van der Waals surface area (Å²) in [4.78, 5) is 19.2. The van der Waals surface area contributed by atoms with Gasteiger partial charge in [0.2, 0.25) is 5.88 Å². The number of rotatable bonds is 7. The molecule has 0 fully saturated rings. The molecule has 6 heteroatoms. The van der Waals surface area contributed by atoms with Gasteiger partial charge in [0, 0.05) is 30.5 Å². The minimum Gasteiger partial charge on any atom is -0.478 e. The predicted octanol–water partition coefficient (Wildman–Crippen LogP) is 3.95. The Kier molecular flexibility index (Phi) is 5.51. The van der Waals surface area contributed by atoms with Crippen LogP contribution in [0.25, 0.3) is 0 Å². The highest BCUT2D eigenvalue weighted by Gasteiger charge is 2.27. The van der Waals surface area contributed by atoms with Crippen molar-refractivity contribution >= 4 is 11.6 Å². The fourth-order valence-corrected chi connectivity index (χ4v) is 3.76. The highest BCUT2D eigenvalue weighted by molar-refractivity contribution is 5.95. The Morgan fingerprint density at radius 1 is 1.31 bits per heavy atom. The van der Waals surface area contributed by atoms with Crippen LogP contribution in [0.5, 0.6) is 5.88 Å². The zero-order valence-corrected chi connectivity index (χ0v) is 16.7. The van der Waals surface area contributed by atoms with E-state index >= 15 is 0 Å². The van der Waals surface area contributed by atoms with Crippen LogP contribution in [0.3, 0.4) is 0 Å². The molecule has 1 aromatic carbocycles. The SMILES string of the molecule is CCOc1cc(CNC(=O)c2ccoc2CN2c3ccccc3CC2C)ccn1. The van der Waals surface area contributed by atoms with Gasteiger partial charge >= 0.3 is 0 Å². The van der Waals surface area contributed by atoms with E-state index in [-0.39, 0.29) is 5.91 Å². The zero-order valence-electron chi connectivity index (χ0n) is 16.7. The molecule has 2 aromatic heterocycles. The number of nitrogens with one attached hydrogen (secondary N) is 1. The number of hydrogen-bond acceptors (Lipinski definition) is 5. The molecule has 4 rings (SSSR count). The van der Waals surface area contributed by atoms with Gasteiger partial charge in [0.15, 0.2) is 0 Å². The number of pyridine rings is 1. The second-order valence-corrected chi connectivity index (χ2v) is 7.19. The third-order valence-electron chi connectivity index (χ3n) is 5.20. The van der Waals surface area contributed by atoms with Crippen LogP contribution < -0.4 is 15.0 Å². The maximum absolute atomic E-state index is 12.8. The average molecular weight is 391 g/mol. The fraction of sp³-hybridized carbons (Fsp3) is 0.304. The number of aromatic nitrogens is 1. The van der Waals surface area contributed by atoms with E-state index in [2.05, 4.69) is 40.3 Å². The van der Waals surface area contributed by atoms with Gasteiger partial charge in [-0.15, -0.1) is 0 Å². The highest BCUT2D eigenvalue weighted by Crippen LogP contribution is 2.33. The van der Waals surface area contributed by atoms with Crippen LogP contribution in [0.15, 0.2) is 59.3 Å². The molecule has 0 aliphatic carbocycles. The van der Waals surface area contributed by atoms with Crippen molar-refractivity contribution in [2.75, 3.05) is 11.5 Å². The lowest BCUT2D eigenvalue weighted by Crippen LogP contribution is -2.30. The minimum atomic E-state index is -0.149. The fourth-order valence-electron chi connectivity index (χ4n) is 3.76. The summed E-state index contributed by atoms with van der Waals surface area (Å²) in [6, 6.07) is 14.2. The topological polar surface area (TPSA) is 67.6 Å². The summed E-state index contributed by atoms with van der Waals surface area (Å²) in [6.45, 7) is 5.63. The van der Waals surface area contributed by atoms with E-state index in [9.17, 15) is 4.79 Å². The van der Waals surface area contributed by atoms with Crippen molar-refractivity contribution in [2.24, 2.45) is 0 Å². The smallest absolute Gasteiger partial charge is 0.255 e. The first kappa shape index (κ1) is 19.1. The third kappa shape index (κ3) is 4.11. The molecule has 1 atom stereocenters. The van der Waals surface area contributed by atoms with Crippen molar-refractivity contribution in [3.05, 3.63) is 77.4 Å². The predicted molar refractivity (Wildman–Crippen MR) is 111 cm³/mol. The number of amides is 1. The van der Waals surface area contributed by atoms with Gasteiger partial charge in [0.1, 0.15) is 5.76 Å². The Morgan fingerprint density at radius 2 is 2.17 bits per heavy atom. The van der Waals surface area contributed by atoms with E-state index in [1.807, 2.05) is 25.1 Å². The van der Waals surface area contributed by atoms with Gasteiger partial charge in [0.25, 0.3) is 5.91 Å². The molecule has 6 nitrogen and oxygen atoms in total. The number of carbonyl (C=O) groups excluding carboxylic acids is 1. The van der Waals surface area contributed by atoms with Gasteiger partial charge in [-0.05, 0) is 49.6 Å². The molecule has 1 aliphatic rings. The number of ether oxygens (including phenoxy) is 1. The van der Waals surface area contributed by atoms with E-state index in [0.717, 1.165) is 12.0 Å². The molecule has 150 valence electrons.